The van der Waals surface area contributed by atoms with E-state index >= 15 is 0 Å². The van der Waals surface area contributed by atoms with Crippen LogP contribution in [0, 0.1) is 0 Å². The quantitative estimate of drug-likeness (QED) is 0.327. The van der Waals surface area contributed by atoms with Crippen LogP contribution in [0.2, 0.25) is 0 Å². The maximum absolute atomic E-state index is 13.4. The van der Waals surface area contributed by atoms with Crippen molar-refractivity contribution in [2.75, 3.05) is 62.5 Å². The standard InChI is InChI=1S/C25H34ClN3O5S/c1-27(20-8-10-21(33-2)11-9-20)35(31,32)22-12-13-24(34-3)23(19-22)28-15-17-29(18-16-28)25(30)7-5-4-6-14-26/h8-13,19H,4-7,14-18H2,1-3H3. The number of ether oxygens (including phenoxy) is 2. The highest BCUT2D eigenvalue weighted by Crippen LogP contribution is 2.33. The Bertz CT molecular complexity index is 1090. The largest absolute Gasteiger partial charge is 0.497 e. The van der Waals surface area contributed by atoms with Crippen molar-refractivity contribution in [1.29, 1.82) is 0 Å². The van der Waals surface area contributed by atoms with Gasteiger partial charge in [-0.05, 0) is 55.3 Å². The Morgan fingerprint density at radius 2 is 1.66 bits per heavy atom. The highest BCUT2D eigenvalue weighted by Gasteiger charge is 2.27. The number of hydrogen-bond acceptors (Lipinski definition) is 6. The van der Waals surface area contributed by atoms with E-state index in [1.54, 1.807) is 56.7 Å². The van der Waals surface area contributed by atoms with Gasteiger partial charge in [-0.3, -0.25) is 9.10 Å². The summed E-state index contributed by atoms with van der Waals surface area (Å²) in [5.74, 6) is 2.03. The van der Waals surface area contributed by atoms with Crippen LogP contribution >= 0.6 is 11.6 Å². The average molecular weight is 524 g/mol. The van der Waals surface area contributed by atoms with Gasteiger partial charge < -0.3 is 19.3 Å². The summed E-state index contributed by atoms with van der Waals surface area (Å²) >= 11 is 5.71. The average Bonchev–Trinajstić information content (AvgIpc) is 2.90. The summed E-state index contributed by atoms with van der Waals surface area (Å²) in [4.78, 5) is 16.6. The Hall–Kier alpha value is -2.65. The number of carbonyl (C=O) groups is 1. The van der Waals surface area contributed by atoms with Crippen molar-refractivity contribution in [2.45, 2.75) is 30.6 Å². The van der Waals surface area contributed by atoms with E-state index in [-0.39, 0.29) is 10.8 Å². The first-order valence-corrected chi connectivity index (χ1v) is 13.7. The lowest BCUT2D eigenvalue weighted by Gasteiger charge is -2.37. The van der Waals surface area contributed by atoms with E-state index in [2.05, 4.69) is 4.90 Å². The van der Waals surface area contributed by atoms with Crippen LogP contribution in [0.1, 0.15) is 25.7 Å². The minimum Gasteiger partial charge on any atom is -0.497 e. The first-order chi connectivity index (χ1) is 16.8. The van der Waals surface area contributed by atoms with E-state index in [9.17, 15) is 13.2 Å². The Labute approximate surface area is 213 Å². The molecule has 0 aliphatic carbocycles. The number of alkyl halides is 1. The summed E-state index contributed by atoms with van der Waals surface area (Å²) in [6.07, 6.45) is 3.26. The number of halogens is 1. The van der Waals surface area contributed by atoms with Gasteiger partial charge in [-0.1, -0.05) is 6.42 Å². The van der Waals surface area contributed by atoms with Gasteiger partial charge in [0.05, 0.1) is 30.5 Å². The van der Waals surface area contributed by atoms with Gasteiger partial charge in [0.15, 0.2) is 0 Å². The van der Waals surface area contributed by atoms with Gasteiger partial charge >= 0.3 is 0 Å². The molecule has 10 heteroatoms. The molecular weight excluding hydrogens is 490 g/mol. The number of unbranched alkanes of at least 4 members (excludes halogenated alkanes) is 2. The minimum absolute atomic E-state index is 0.156. The van der Waals surface area contributed by atoms with E-state index in [4.69, 9.17) is 21.1 Å². The van der Waals surface area contributed by atoms with E-state index in [1.807, 2.05) is 4.90 Å². The second-order valence-corrected chi connectivity index (χ2v) is 10.7. The smallest absolute Gasteiger partial charge is 0.264 e. The number of nitrogens with zero attached hydrogens (tertiary/aromatic N) is 3. The summed E-state index contributed by atoms with van der Waals surface area (Å²) in [6, 6.07) is 11.7. The third-order valence-corrected chi connectivity index (χ3v) is 8.29. The third kappa shape index (κ3) is 6.52. The van der Waals surface area contributed by atoms with Crippen molar-refractivity contribution in [3.8, 4) is 11.5 Å². The topological polar surface area (TPSA) is 79.4 Å². The van der Waals surface area contributed by atoms with Gasteiger partial charge in [0, 0.05) is 45.5 Å². The van der Waals surface area contributed by atoms with Gasteiger partial charge in [0.1, 0.15) is 11.5 Å². The Balaban J connectivity index is 1.73. The monoisotopic (exact) mass is 523 g/mol. The van der Waals surface area contributed by atoms with Gasteiger partial charge in [-0.25, -0.2) is 8.42 Å². The lowest BCUT2D eigenvalue weighted by Crippen LogP contribution is -2.48. The molecule has 0 N–H and O–H groups in total. The van der Waals surface area contributed by atoms with Crippen LogP contribution in [0.15, 0.2) is 47.4 Å². The second kappa shape index (κ2) is 12.4. The zero-order valence-electron chi connectivity index (χ0n) is 20.6. The molecule has 2 aromatic rings. The van der Waals surface area contributed by atoms with Crippen molar-refractivity contribution < 1.29 is 22.7 Å². The Morgan fingerprint density at radius 3 is 2.26 bits per heavy atom. The van der Waals surface area contributed by atoms with Crippen LogP contribution in [0.5, 0.6) is 11.5 Å². The van der Waals surface area contributed by atoms with Gasteiger partial charge in [-0.2, -0.15) is 0 Å². The van der Waals surface area contributed by atoms with Crippen LogP contribution in [-0.2, 0) is 14.8 Å². The number of benzene rings is 2. The molecule has 0 unspecified atom stereocenters. The van der Waals surface area contributed by atoms with E-state index in [1.165, 1.54) is 11.4 Å². The lowest BCUT2D eigenvalue weighted by atomic mass is 10.1. The van der Waals surface area contributed by atoms with Crippen LogP contribution in [0.3, 0.4) is 0 Å². The number of piperazine rings is 1. The fourth-order valence-electron chi connectivity index (χ4n) is 4.07. The van der Waals surface area contributed by atoms with Crippen molar-refractivity contribution in [2.24, 2.45) is 0 Å². The molecule has 0 spiro atoms. The number of carbonyl (C=O) groups excluding carboxylic acids is 1. The molecule has 8 nitrogen and oxygen atoms in total. The first-order valence-electron chi connectivity index (χ1n) is 11.7. The van der Waals surface area contributed by atoms with Gasteiger partial charge in [0.2, 0.25) is 5.91 Å². The van der Waals surface area contributed by atoms with Crippen LogP contribution in [-0.4, -0.2) is 72.6 Å². The molecule has 1 fully saturated rings. The second-order valence-electron chi connectivity index (χ2n) is 8.37. The molecule has 1 aliphatic rings. The molecule has 0 aromatic heterocycles. The third-order valence-electron chi connectivity index (χ3n) is 6.24. The molecule has 192 valence electrons. The van der Waals surface area contributed by atoms with Crippen molar-refractivity contribution >= 4 is 38.9 Å². The van der Waals surface area contributed by atoms with Crippen LogP contribution < -0.4 is 18.7 Å². The van der Waals surface area contributed by atoms with E-state index < -0.39 is 10.0 Å². The molecule has 3 rings (SSSR count). The molecule has 0 atom stereocenters. The highest BCUT2D eigenvalue weighted by molar-refractivity contribution is 7.92. The first kappa shape index (κ1) is 26.9. The van der Waals surface area contributed by atoms with E-state index in [0.717, 1.165) is 19.3 Å². The zero-order valence-corrected chi connectivity index (χ0v) is 22.1. The molecule has 2 aromatic carbocycles. The molecular formula is C25H34ClN3O5S. The van der Waals surface area contributed by atoms with Gasteiger partial charge in [0.25, 0.3) is 10.0 Å². The molecule has 0 saturated carbocycles. The van der Waals surface area contributed by atoms with Crippen LogP contribution in [0.4, 0.5) is 11.4 Å². The molecule has 0 bridgehead atoms. The molecule has 1 amide bonds. The van der Waals surface area contributed by atoms with E-state index in [0.29, 0.717) is 61.4 Å². The Morgan fingerprint density at radius 1 is 0.971 bits per heavy atom. The number of rotatable bonds is 11. The normalized spacial score (nSPS) is 14.1. The summed E-state index contributed by atoms with van der Waals surface area (Å²) in [6.45, 7) is 2.36. The minimum atomic E-state index is -3.80. The van der Waals surface area contributed by atoms with Crippen LogP contribution in [0.25, 0.3) is 0 Å². The molecule has 1 aliphatic heterocycles. The molecule has 0 radical (unpaired) electrons. The van der Waals surface area contributed by atoms with Gasteiger partial charge in [-0.15, -0.1) is 11.6 Å². The van der Waals surface area contributed by atoms with Crippen molar-refractivity contribution in [1.82, 2.24) is 4.90 Å². The van der Waals surface area contributed by atoms with Crippen molar-refractivity contribution in [3.05, 3.63) is 42.5 Å². The number of methoxy groups -OCH3 is 2. The summed E-state index contributed by atoms with van der Waals surface area (Å²) < 4.78 is 38.7. The predicted molar refractivity (Wildman–Crippen MR) is 140 cm³/mol. The number of anilines is 2. The summed E-state index contributed by atoms with van der Waals surface area (Å²) in [5, 5.41) is 0. The highest BCUT2D eigenvalue weighted by atomic mass is 35.5. The van der Waals surface area contributed by atoms with Crippen molar-refractivity contribution in [3.63, 3.8) is 0 Å². The maximum Gasteiger partial charge on any atom is 0.264 e. The number of hydrogen-bond donors (Lipinski definition) is 0. The molecule has 1 saturated heterocycles. The molecule has 35 heavy (non-hydrogen) atoms. The number of amides is 1. The Kier molecular flexibility index (Phi) is 9.51. The SMILES string of the molecule is COc1ccc(N(C)S(=O)(=O)c2ccc(OC)c(N3CCN(C(=O)CCCCCCl)CC3)c2)cc1. The zero-order chi connectivity index (χ0) is 25.4. The number of sulfonamides is 1. The predicted octanol–water partition coefficient (Wildman–Crippen LogP) is 3.98. The fraction of sp³-hybridized carbons (Fsp3) is 0.480. The fourth-order valence-corrected chi connectivity index (χ4v) is 5.47. The summed E-state index contributed by atoms with van der Waals surface area (Å²) in [7, 11) is 0.855. The maximum atomic E-state index is 13.4. The summed E-state index contributed by atoms with van der Waals surface area (Å²) in [5.41, 5.74) is 1.23. The molecule has 1 heterocycles. The lowest BCUT2D eigenvalue weighted by molar-refractivity contribution is -0.131.